The summed E-state index contributed by atoms with van der Waals surface area (Å²) in [6.45, 7) is 4.23. The Morgan fingerprint density at radius 2 is 1.94 bits per heavy atom. The van der Waals surface area contributed by atoms with E-state index in [-0.39, 0.29) is 36.2 Å². The van der Waals surface area contributed by atoms with Crippen molar-refractivity contribution in [2.45, 2.75) is 25.9 Å². The summed E-state index contributed by atoms with van der Waals surface area (Å²) in [6.07, 6.45) is -3.18. The maximum atomic E-state index is 13.5. The number of alkyl halides is 3. The second-order valence-corrected chi connectivity index (χ2v) is 8.56. The van der Waals surface area contributed by atoms with Crippen molar-refractivity contribution in [1.82, 2.24) is 10.2 Å². The standard InChI is InChI=1S/C23H29F3N4O3/c1-3-28-22(32)19-13-30(17-5-4-16(11-27)20(10-17)23(24,25)26)12-18(19)15-6-8-29(9-7-15)21(31)14-33-2/h4-5,10,15,18-19H,3,6-9,12-14H2,1-2H3,(H,28,32)/t18-,19+/m0/s1. The highest BCUT2D eigenvalue weighted by atomic mass is 19.4. The zero-order chi connectivity index (χ0) is 24.2. The quantitative estimate of drug-likeness (QED) is 0.697. The van der Waals surface area contributed by atoms with E-state index < -0.39 is 17.3 Å². The molecular formula is C23H29F3N4O3. The number of likely N-dealkylation sites (tertiary alicyclic amines) is 1. The van der Waals surface area contributed by atoms with Crippen LogP contribution in [0.5, 0.6) is 0 Å². The van der Waals surface area contributed by atoms with Gasteiger partial charge >= 0.3 is 6.18 Å². The molecule has 7 nitrogen and oxygen atoms in total. The van der Waals surface area contributed by atoms with E-state index in [1.54, 1.807) is 11.0 Å². The number of benzene rings is 1. The molecule has 180 valence electrons. The molecule has 0 unspecified atom stereocenters. The highest BCUT2D eigenvalue weighted by molar-refractivity contribution is 5.80. The number of methoxy groups -OCH3 is 1. The highest BCUT2D eigenvalue weighted by Crippen LogP contribution is 2.40. The van der Waals surface area contributed by atoms with Crippen LogP contribution >= 0.6 is 0 Å². The summed E-state index contributed by atoms with van der Waals surface area (Å²) in [7, 11) is 1.47. The Hall–Kier alpha value is -2.80. The lowest BCUT2D eigenvalue weighted by Crippen LogP contribution is -2.44. The third kappa shape index (κ3) is 5.58. The third-order valence-electron chi connectivity index (χ3n) is 6.61. The molecule has 1 aromatic rings. The molecule has 0 aliphatic carbocycles. The number of piperidine rings is 1. The molecule has 0 bridgehead atoms. The first-order valence-corrected chi connectivity index (χ1v) is 11.1. The summed E-state index contributed by atoms with van der Waals surface area (Å²) in [4.78, 5) is 28.5. The zero-order valence-electron chi connectivity index (χ0n) is 18.8. The number of carbonyl (C=O) groups excluding carboxylic acids is 2. The fourth-order valence-corrected chi connectivity index (χ4v) is 4.95. The minimum absolute atomic E-state index is 0.0314. The molecule has 0 radical (unpaired) electrons. The molecule has 33 heavy (non-hydrogen) atoms. The van der Waals surface area contributed by atoms with Crippen LogP contribution in [0.3, 0.4) is 0 Å². The molecule has 10 heteroatoms. The number of halogens is 3. The zero-order valence-corrected chi connectivity index (χ0v) is 18.8. The van der Waals surface area contributed by atoms with Gasteiger partial charge in [-0.3, -0.25) is 9.59 Å². The largest absolute Gasteiger partial charge is 0.417 e. The molecular weight excluding hydrogens is 437 g/mol. The van der Waals surface area contributed by atoms with Gasteiger partial charge in [-0.1, -0.05) is 0 Å². The summed E-state index contributed by atoms with van der Waals surface area (Å²) in [6, 6.07) is 5.30. The molecule has 0 aromatic heterocycles. The third-order valence-corrected chi connectivity index (χ3v) is 6.61. The van der Waals surface area contributed by atoms with E-state index in [2.05, 4.69) is 5.32 Å². The van der Waals surface area contributed by atoms with Gasteiger partial charge in [0.05, 0.1) is 23.1 Å². The first-order valence-electron chi connectivity index (χ1n) is 11.1. The number of carbonyl (C=O) groups is 2. The molecule has 2 amide bonds. The Balaban J connectivity index is 1.80. The van der Waals surface area contributed by atoms with Gasteiger partial charge < -0.3 is 19.9 Å². The molecule has 1 N–H and O–H groups in total. The Morgan fingerprint density at radius 3 is 2.52 bits per heavy atom. The lowest BCUT2D eigenvalue weighted by atomic mass is 9.78. The van der Waals surface area contributed by atoms with Crippen LogP contribution in [0.4, 0.5) is 18.9 Å². The number of ether oxygens (including phenoxy) is 1. The summed E-state index contributed by atoms with van der Waals surface area (Å²) in [5.74, 6) is -0.397. The number of nitrogens with zero attached hydrogens (tertiary/aromatic N) is 3. The van der Waals surface area contributed by atoms with Crippen LogP contribution in [0.2, 0.25) is 0 Å². The molecule has 2 heterocycles. The van der Waals surface area contributed by atoms with Crippen molar-refractivity contribution in [3.8, 4) is 6.07 Å². The van der Waals surface area contributed by atoms with Crippen LogP contribution in [-0.2, 0) is 20.5 Å². The Bertz CT molecular complexity index is 907. The first kappa shape index (κ1) is 24.8. The Labute approximate surface area is 191 Å². The van der Waals surface area contributed by atoms with E-state index in [0.717, 1.165) is 18.9 Å². The molecule has 2 aliphatic rings. The lowest BCUT2D eigenvalue weighted by molar-refractivity contribution is -0.138. The minimum Gasteiger partial charge on any atom is -0.375 e. The topological polar surface area (TPSA) is 85.7 Å². The van der Waals surface area contributed by atoms with E-state index in [1.165, 1.54) is 19.2 Å². The summed E-state index contributed by atoms with van der Waals surface area (Å²) in [5.41, 5.74) is -1.04. The average Bonchev–Trinajstić information content (AvgIpc) is 3.24. The monoisotopic (exact) mass is 466 g/mol. The number of nitriles is 1. The number of nitrogens with one attached hydrogen (secondary N) is 1. The average molecular weight is 467 g/mol. The van der Waals surface area contributed by atoms with Gasteiger partial charge in [0.1, 0.15) is 6.61 Å². The predicted molar refractivity (Wildman–Crippen MR) is 115 cm³/mol. The minimum atomic E-state index is -4.64. The van der Waals surface area contributed by atoms with Crippen molar-refractivity contribution in [3.63, 3.8) is 0 Å². The van der Waals surface area contributed by atoms with Crippen LogP contribution in [0, 0.1) is 29.1 Å². The Kier molecular flexibility index (Phi) is 7.84. The molecule has 1 aromatic carbocycles. The molecule has 0 saturated carbocycles. The van der Waals surface area contributed by atoms with Gasteiger partial charge in [-0.05, 0) is 49.8 Å². The van der Waals surface area contributed by atoms with Gasteiger partial charge in [-0.15, -0.1) is 0 Å². The molecule has 2 atom stereocenters. The predicted octanol–water partition coefficient (Wildman–Crippen LogP) is 2.65. The van der Waals surface area contributed by atoms with E-state index in [9.17, 15) is 22.8 Å². The van der Waals surface area contributed by atoms with Gasteiger partial charge in [-0.2, -0.15) is 18.4 Å². The van der Waals surface area contributed by atoms with E-state index >= 15 is 0 Å². The smallest absolute Gasteiger partial charge is 0.375 e. The van der Waals surface area contributed by atoms with Crippen molar-refractivity contribution >= 4 is 17.5 Å². The van der Waals surface area contributed by atoms with Crippen LogP contribution < -0.4 is 10.2 Å². The van der Waals surface area contributed by atoms with Crippen LogP contribution in [-0.4, -0.2) is 63.2 Å². The summed E-state index contributed by atoms with van der Waals surface area (Å²) in [5, 5.41) is 11.9. The number of amides is 2. The van der Waals surface area contributed by atoms with Gasteiger partial charge in [0.25, 0.3) is 0 Å². The fourth-order valence-electron chi connectivity index (χ4n) is 4.95. The van der Waals surface area contributed by atoms with E-state index in [1.807, 2.05) is 11.8 Å². The van der Waals surface area contributed by atoms with E-state index in [0.29, 0.717) is 38.4 Å². The number of rotatable bonds is 6. The van der Waals surface area contributed by atoms with Crippen LogP contribution in [0.25, 0.3) is 0 Å². The number of hydrogen-bond donors (Lipinski definition) is 1. The van der Waals surface area contributed by atoms with Gasteiger partial charge in [-0.25, -0.2) is 0 Å². The SMILES string of the molecule is CCNC(=O)[C@@H]1CN(c2ccc(C#N)c(C(F)(F)F)c2)C[C@H]1C1CCN(C(=O)COC)CC1. The van der Waals surface area contributed by atoms with E-state index in [4.69, 9.17) is 10.00 Å². The number of anilines is 1. The lowest BCUT2D eigenvalue weighted by Gasteiger charge is -2.36. The van der Waals surface area contributed by atoms with Gasteiger partial charge in [0.15, 0.2) is 0 Å². The second-order valence-electron chi connectivity index (χ2n) is 8.56. The van der Waals surface area contributed by atoms with Crippen molar-refractivity contribution in [3.05, 3.63) is 29.3 Å². The fraction of sp³-hybridized carbons (Fsp3) is 0.609. The van der Waals surface area contributed by atoms with Gasteiger partial charge in [0, 0.05) is 45.5 Å². The van der Waals surface area contributed by atoms with Crippen LogP contribution in [0.15, 0.2) is 18.2 Å². The Morgan fingerprint density at radius 1 is 1.24 bits per heavy atom. The van der Waals surface area contributed by atoms with Crippen LogP contribution in [0.1, 0.15) is 30.9 Å². The van der Waals surface area contributed by atoms with Crippen molar-refractivity contribution < 1.29 is 27.5 Å². The van der Waals surface area contributed by atoms with Crippen molar-refractivity contribution in [2.75, 3.05) is 51.3 Å². The molecule has 3 rings (SSSR count). The highest BCUT2D eigenvalue weighted by Gasteiger charge is 2.43. The molecule has 2 aliphatic heterocycles. The van der Waals surface area contributed by atoms with Gasteiger partial charge in [0.2, 0.25) is 11.8 Å². The summed E-state index contributed by atoms with van der Waals surface area (Å²) < 4.78 is 45.3. The maximum Gasteiger partial charge on any atom is 0.417 e. The maximum absolute atomic E-state index is 13.5. The molecule has 0 spiro atoms. The summed E-state index contributed by atoms with van der Waals surface area (Å²) >= 11 is 0. The number of hydrogen-bond acceptors (Lipinski definition) is 5. The second kappa shape index (κ2) is 10.4. The molecule has 2 fully saturated rings. The van der Waals surface area contributed by atoms with Crippen molar-refractivity contribution in [1.29, 1.82) is 5.26 Å². The van der Waals surface area contributed by atoms with Crippen molar-refractivity contribution in [2.24, 2.45) is 17.8 Å². The molecule has 2 saturated heterocycles. The first-order chi connectivity index (χ1) is 15.7. The normalized spacial score (nSPS) is 21.7.